The van der Waals surface area contributed by atoms with Crippen LogP contribution in [0.1, 0.15) is 52.0 Å². The minimum atomic E-state index is -0.0468. The van der Waals surface area contributed by atoms with E-state index in [0.717, 1.165) is 24.1 Å². The van der Waals surface area contributed by atoms with Crippen LogP contribution >= 0.6 is 0 Å². The fourth-order valence-electron chi connectivity index (χ4n) is 2.90. The summed E-state index contributed by atoms with van der Waals surface area (Å²) in [5.41, 5.74) is 1.61. The number of hydrogen-bond acceptors (Lipinski definition) is 3. The zero-order valence-corrected chi connectivity index (χ0v) is 15.5. The van der Waals surface area contributed by atoms with Crippen molar-refractivity contribution >= 4 is 17.5 Å². The van der Waals surface area contributed by atoms with Gasteiger partial charge in [-0.25, -0.2) is 0 Å². The third-order valence-corrected chi connectivity index (χ3v) is 4.27. The maximum Gasteiger partial charge on any atom is 0.224 e. The molecule has 0 aromatic heterocycles. The van der Waals surface area contributed by atoms with Crippen LogP contribution in [0.3, 0.4) is 0 Å². The SMILES string of the molecule is CC(C)(C)CC(=O)Nc1ccc(CC(=O)NC(CCO)C2CC2)cc1. The molecule has 0 aliphatic heterocycles. The monoisotopic (exact) mass is 346 g/mol. The highest BCUT2D eigenvalue weighted by atomic mass is 16.3. The second-order valence-corrected chi connectivity index (χ2v) is 8.18. The second-order valence-electron chi connectivity index (χ2n) is 8.18. The molecule has 25 heavy (non-hydrogen) atoms. The van der Waals surface area contributed by atoms with Gasteiger partial charge in [0.15, 0.2) is 0 Å². The van der Waals surface area contributed by atoms with E-state index < -0.39 is 0 Å². The molecule has 0 radical (unpaired) electrons. The summed E-state index contributed by atoms with van der Waals surface area (Å²) < 4.78 is 0. The molecule has 5 nitrogen and oxygen atoms in total. The Kier molecular flexibility index (Phi) is 6.59. The van der Waals surface area contributed by atoms with Crippen LogP contribution in [0.4, 0.5) is 5.69 Å². The quantitative estimate of drug-likeness (QED) is 0.677. The summed E-state index contributed by atoms with van der Waals surface area (Å²) in [7, 11) is 0. The fraction of sp³-hybridized carbons (Fsp3) is 0.600. The largest absolute Gasteiger partial charge is 0.396 e. The molecule has 1 aromatic carbocycles. The Morgan fingerprint density at radius 1 is 1.16 bits per heavy atom. The molecule has 1 unspecified atom stereocenters. The van der Waals surface area contributed by atoms with Crippen LogP contribution in [0.2, 0.25) is 0 Å². The van der Waals surface area contributed by atoms with E-state index >= 15 is 0 Å². The molecular weight excluding hydrogens is 316 g/mol. The summed E-state index contributed by atoms with van der Waals surface area (Å²) in [6.07, 6.45) is 3.66. The minimum absolute atomic E-state index is 0.00530. The lowest BCUT2D eigenvalue weighted by Crippen LogP contribution is -2.38. The predicted octanol–water partition coefficient (Wildman–Crippen LogP) is 2.88. The van der Waals surface area contributed by atoms with E-state index in [1.54, 1.807) is 0 Å². The summed E-state index contributed by atoms with van der Waals surface area (Å²) >= 11 is 0. The molecule has 1 saturated carbocycles. The molecule has 1 fully saturated rings. The molecule has 2 rings (SSSR count). The second kappa shape index (κ2) is 8.48. The van der Waals surface area contributed by atoms with Gasteiger partial charge in [0, 0.05) is 24.8 Å². The van der Waals surface area contributed by atoms with Crippen LogP contribution < -0.4 is 10.6 Å². The molecule has 1 aliphatic carbocycles. The lowest BCUT2D eigenvalue weighted by atomic mass is 9.92. The van der Waals surface area contributed by atoms with Crippen molar-refractivity contribution in [3.05, 3.63) is 29.8 Å². The highest BCUT2D eigenvalue weighted by Gasteiger charge is 2.31. The summed E-state index contributed by atoms with van der Waals surface area (Å²) in [5.74, 6) is 0.501. The summed E-state index contributed by atoms with van der Waals surface area (Å²) in [5, 5.41) is 15.0. The molecule has 0 saturated heterocycles. The van der Waals surface area contributed by atoms with Gasteiger partial charge in [-0.1, -0.05) is 32.9 Å². The zero-order valence-electron chi connectivity index (χ0n) is 15.5. The van der Waals surface area contributed by atoms with E-state index in [4.69, 9.17) is 5.11 Å². The predicted molar refractivity (Wildman–Crippen MR) is 99.2 cm³/mol. The van der Waals surface area contributed by atoms with Crippen molar-refractivity contribution in [1.82, 2.24) is 5.32 Å². The van der Waals surface area contributed by atoms with Gasteiger partial charge in [-0.2, -0.15) is 0 Å². The van der Waals surface area contributed by atoms with Gasteiger partial charge in [0.25, 0.3) is 0 Å². The average molecular weight is 346 g/mol. The lowest BCUT2D eigenvalue weighted by molar-refractivity contribution is -0.121. The Bertz CT molecular complexity index is 586. The van der Waals surface area contributed by atoms with E-state index in [-0.39, 0.29) is 29.9 Å². The summed E-state index contributed by atoms with van der Waals surface area (Å²) in [6, 6.07) is 7.48. The van der Waals surface area contributed by atoms with Crippen molar-refractivity contribution in [1.29, 1.82) is 0 Å². The maximum atomic E-state index is 12.2. The Labute approximate surface area is 150 Å². The maximum absolute atomic E-state index is 12.2. The number of aliphatic hydroxyl groups excluding tert-OH is 1. The molecule has 1 aromatic rings. The van der Waals surface area contributed by atoms with Crippen molar-refractivity contribution in [2.75, 3.05) is 11.9 Å². The number of nitrogens with one attached hydrogen (secondary N) is 2. The first-order valence-electron chi connectivity index (χ1n) is 9.06. The van der Waals surface area contributed by atoms with Crippen LogP contribution in [-0.4, -0.2) is 29.6 Å². The first kappa shape index (κ1) is 19.4. The molecule has 0 heterocycles. The van der Waals surface area contributed by atoms with Gasteiger partial charge >= 0.3 is 0 Å². The van der Waals surface area contributed by atoms with Crippen molar-refractivity contribution < 1.29 is 14.7 Å². The first-order valence-corrected chi connectivity index (χ1v) is 9.06. The van der Waals surface area contributed by atoms with Crippen LogP contribution in [0, 0.1) is 11.3 Å². The van der Waals surface area contributed by atoms with E-state index in [0.29, 0.717) is 25.2 Å². The number of hydrogen-bond donors (Lipinski definition) is 3. The van der Waals surface area contributed by atoms with Crippen LogP contribution in [-0.2, 0) is 16.0 Å². The number of benzene rings is 1. The number of aliphatic hydroxyl groups is 1. The van der Waals surface area contributed by atoms with Crippen LogP contribution in [0.15, 0.2) is 24.3 Å². The molecular formula is C20H30N2O3. The van der Waals surface area contributed by atoms with E-state index in [1.807, 2.05) is 45.0 Å². The molecule has 0 bridgehead atoms. The van der Waals surface area contributed by atoms with E-state index in [9.17, 15) is 9.59 Å². The number of anilines is 1. The van der Waals surface area contributed by atoms with Crippen molar-refractivity contribution in [2.24, 2.45) is 11.3 Å². The van der Waals surface area contributed by atoms with Crippen molar-refractivity contribution in [2.45, 2.75) is 58.9 Å². The Morgan fingerprint density at radius 2 is 1.80 bits per heavy atom. The highest BCUT2D eigenvalue weighted by molar-refractivity contribution is 5.91. The van der Waals surface area contributed by atoms with E-state index in [2.05, 4.69) is 10.6 Å². The number of carbonyl (C=O) groups is 2. The van der Waals surface area contributed by atoms with Crippen molar-refractivity contribution in [3.8, 4) is 0 Å². The standard InChI is InChI=1S/C20H30N2O3/c1-20(2,3)13-19(25)21-16-8-4-14(5-9-16)12-18(24)22-17(10-11-23)15-6-7-15/h4-5,8-9,15,17,23H,6-7,10-13H2,1-3H3,(H,21,25)(H,22,24). The third kappa shape index (κ3) is 7.26. The van der Waals surface area contributed by atoms with Crippen molar-refractivity contribution in [3.63, 3.8) is 0 Å². The normalized spacial score (nSPS) is 15.5. The Hall–Kier alpha value is -1.88. The summed E-state index contributed by atoms with van der Waals surface area (Å²) in [6.45, 7) is 6.18. The minimum Gasteiger partial charge on any atom is -0.396 e. The molecule has 0 spiro atoms. The van der Waals surface area contributed by atoms with Gasteiger partial charge in [0.2, 0.25) is 11.8 Å². The number of carbonyl (C=O) groups excluding carboxylic acids is 2. The zero-order chi connectivity index (χ0) is 18.4. The van der Waals surface area contributed by atoms with Gasteiger partial charge in [0.1, 0.15) is 0 Å². The molecule has 5 heteroatoms. The summed E-state index contributed by atoms with van der Waals surface area (Å²) in [4.78, 5) is 24.1. The number of amides is 2. The van der Waals surface area contributed by atoms with Gasteiger partial charge < -0.3 is 15.7 Å². The fourth-order valence-corrected chi connectivity index (χ4v) is 2.90. The lowest BCUT2D eigenvalue weighted by Gasteiger charge is -2.18. The number of rotatable bonds is 8. The third-order valence-electron chi connectivity index (χ3n) is 4.27. The topological polar surface area (TPSA) is 78.4 Å². The average Bonchev–Trinajstić information content (AvgIpc) is 3.31. The molecule has 138 valence electrons. The Morgan fingerprint density at radius 3 is 2.32 bits per heavy atom. The smallest absolute Gasteiger partial charge is 0.224 e. The molecule has 3 N–H and O–H groups in total. The van der Waals surface area contributed by atoms with Crippen LogP contribution in [0.25, 0.3) is 0 Å². The first-order chi connectivity index (χ1) is 11.8. The Balaban J connectivity index is 1.83. The van der Waals surface area contributed by atoms with Gasteiger partial charge in [-0.3, -0.25) is 9.59 Å². The highest BCUT2D eigenvalue weighted by Crippen LogP contribution is 2.33. The molecule has 1 aliphatic rings. The van der Waals surface area contributed by atoms with Gasteiger partial charge in [0.05, 0.1) is 6.42 Å². The van der Waals surface area contributed by atoms with Crippen LogP contribution in [0.5, 0.6) is 0 Å². The molecule has 2 amide bonds. The van der Waals surface area contributed by atoms with E-state index in [1.165, 1.54) is 0 Å². The molecule has 1 atom stereocenters. The van der Waals surface area contributed by atoms with Gasteiger partial charge in [-0.15, -0.1) is 0 Å². The van der Waals surface area contributed by atoms with Gasteiger partial charge in [-0.05, 0) is 48.3 Å².